The third-order valence-corrected chi connectivity index (χ3v) is 4.31. The van der Waals surface area contributed by atoms with Crippen LogP contribution in [0.25, 0.3) is 0 Å². The zero-order chi connectivity index (χ0) is 17.9. The van der Waals surface area contributed by atoms with E-state index in [1.807, 2.05) is 32.9 Å². The lowest BCUT2D eigenvalue weighted by Gasteiger charge is -2.36. The van der Waals surface area contributed by atoms with Gasteiger partial charge in [-0.15, -0.1) is 0 Å². The summed E-state index contributed by atoms with van der Waals surface area (Å²) in [6.07, 6.45) is -0.274. The molecule has 1 saturated heterocycles. The summed E-state index contributed by atoms with van der Waals surface area (Å²) in [5.74, 6) is -0.372. The van der Waals surface area contributed by atoms with Gasteiger partial charge in [0.2, 0.25) is 0 Å². The van der Waals surface area contributed by atoms with Crippen LogP contribution in [0, 0.1) is 0 Å². The minimum Gasteiger partial charge on any atom is -0.465 e. The van der Waals surface area contributed by atoms with Gasteiger partial charge in [-0.2, -0.15) is 0 Å². The van der Waals surface area contributed by atoms with Gasteiger partial charge in [0.25, 0.3) is 0 Å². The molecule has 1 fully saturated rings. The van der Waals surface area contributed by atoms with Gasteiger partial charge in [0, 0.05) is 36.3 Å². The van der Waals surface area contributed by atoms with Crippen molar-refractivity contribution in [1.82, 2.24) is 4.90 Å². The SMILES string of the molecule is COC(=O)c1ccc(N2CCN(C(=O)OC(C)(C)C)CC2)cc1Br. The van der Waals surface area contributed by atoms with E-state index < -0.39 is 5.60 Å². The second-order valence-electron chi connectivity index (χ2n) is 6.61. The van der Waals surface area contributed by atoms with Gasteiger partial charge in [0.05, 0.1) is 12.7 Å². The Morgan fingerprint density at radius 2 is 1.75 bits per heavy atom. The van der Waals surface area contributed by atoms with Gasteiger partial charge in [0.15, 0.2) is 0 Å². The van der Waals surface area contributed by atoms with E-state index in [0.717, 1.165) is 5.69 Å². The van der Waals surface area contributed by atoms with E-state index in [9.17, 15) is 9.59 Å². The van der Waals surface area contributed by atoms with Crippen LogP contribution in [0.4, 0.5) is 10.5 Å². The fourth-order valence-electron chi connectivity index (χ4n) is 2.45. The second-order valence-corrected chi connectivity index (χ2v) is 7.46. The molecule has 1 aromatic carbocycles. The molecule has 1 heterocycles. The van der Waals surface area contributed by atoms with Crippen molar-refractivity contribution in [3.05, 3.63) is 28.2 Å². The molecule has 2 rings (SSSR count). The van der Waals surface area contributed by atoms with Crippen molar-refractivity contribution < 1.29 is 19.1 Å². The molecular formula is C17H23BrN2O4. The van der Waals surface area contributed by atoms with Crippen LogP contribution in [0.2, 0.25) is 0 Å². The van der Waals surface area contributed by atoms with E-state index >= 15 is 0 Å². The van der Waals surface area contributed by atoms with E-state index in [2.05, 4.69) is 20.8 Å². The molecule has 0 radical (unpaired) electrons. The molecule has 0 spiro atoms. The third kappa shape index (κ3) is 4.63. The number of benzene rings is 1. The minimum absolute atomic E-state index is 0.274. The fraction of sp³-hybridized carbons (Fsp3) is 0.529. The lowest BCUT2D eigenvalue weighted by Crippen LogP contribution is -2.50. The Balaban J connectivity index is 1.98. The molecule has 0 unspecified atom stereocenters. The van der Waals surface area contributed by atoms with E-state index in [1.165, 1.54) is 7.11 Å². The first-order valence-corrected chi connectivity index (χ1v) is 8.61. The summed E-state index contributed by atoms with van der Waals surface area (Å²) in [6.45, 7) is 8.22. The zero-order valence-corrected chi connectivity index (χ0v) is 16.1. The number of esters is 1. The van der Waals surface area contributed by atoms with Crippen LogP contribution < -0.4 is 4.90 Å². The fourth-order valence-corrected chi connectivity index (χ4v) is 2.98. The number of halogens is 1. The number of piperazine rings is 1. The number of amides is 1. The molecule has 1 aliphatic rings. The van der Waals surface area contributed by atoms with E-state index in [1.54, 1.807) is 11.0 Å². The molecular weight excluding hydrogens is 376 g/mol. The second kappa shape index (κ2) is 7.42. The lowest BCUT2D eigenvalue weighted by molar-refractivity contribution is 0.0240. The quantitative estimate of drug-likeness (QED) is 0.715. The smallest absolute Gasteiger partial charge is 0.410 e. The lowest BCUT2D eigenvalue weighted by atomic mass is 10.2. The van der Waals surface area contributed by atoms with Crippen LogP contribution >= 0.6 is 15.9 Å². The average molecular weight is 399 g/mol. The van der Waals surface area contributed by atoms with Crippen molar-refractivity contribution in [3.8, 4) is 0 Å². The Morgan fingerprint density at radius 3 is 2.25 bits per heavy atom. The van der Waals surface area contributed by atoms with Crippen molar-refractivity contribution >= 4 is 33.7 Å². The van der Waals surface area contributed by atoms with Gasteiger partial charge in [-0.1, -0.05) is 0 Å². The van der Waals surface area contributed by atoms with Crippen LogP contribution in [0.15, 0.2) is 22.7 Å². The maximum absolute atomic E-state index is 12.1. The summed E-state index contributed by atoms with van der Waals surface area (Å²) in [6, 6.07) is 5.53. The zero-order valence-electron chi connectivity index (χ0n) is 14.5. The highest BCUT2D eigenvalue weighted by Crippen LogP contribution is 2.26. The number of nitrogens with zero attached hydrogens (tertiary/aromatic N) is 2. The Morgan fingerprint density at radius 1 is 1.12 bits per heavy atom. The molecule has 0 aromatic heterocycles. The number of rotatable bonds is 2. The Hall–Kier alpha value is -1.76. The molecule has 1 aliphatic heterocycles. The first-order chi connectivity index (χ1) is 11.2. The van der Waals surface area contributed by atoms with Crippen LogP contribution in [0.5, 0.6) is 0 Å². The van der Waals surface area contributed by atoms with Gasteiger partial charge in [-0.3, -0.25) is 0 Å². The van der Waals surface area contributed by atoms with Gasteiger partial charge in [0.1, 0.15) is 5.60 Å². The number of hydrogen-bond donors (Lipinski definition) is 0. The normalized spacial score (nSPS) is 15.2. The molecule has 7 heteroatoms. The molecule has 0 saturated carbocycles. The largest absolute Gasteiger partial charge is 0.465 e. The average Bonchev–Trinajstić information content (AvgIpc) is 2.52. The van der Waals surface area contributed by atoms with Crippen LogP contribution in [0.1, 0.15) is 31.1 Å². The standard InChI is InChI=1S/C17H23BrN2O4/c1-17(2,3)24-16(22)20-9-7-19(8-10-20)12-5-6-13(14(18)11-12)15(21)23-4/h5-6,11H,7-10H2,1-4H3. The summed E-state index contributed by atoms with van der Waals surface area (Å²) >= 11 is 3.41. The predicted octanol–water partition coefficient (Wildman–Crippen LogP) is 3.29. The van der Waals surface area contributed by atoms with Crippen LogP contribution in [0.3, 0.4) is 0 Å². The number of carbonyl (C=O) groups excluding carboxylic acids is 2. The first-order valence-electron chi connectivity index (χ1n) is 7.82. The van der Waals surface area contributed by atoms with E-state index in [-0.39, 0.29) is 12.1 Å². The van der Waals surface area contributed by atoms with Crippen molar-refractivity contribution in [2.24, 2.45) is 0 Å². The Labute approximate surface area is 150 Å². The molecule has 1 amide bonds. The third-order valence-electron chi connectivity index (χ3n) is 3.65. The highest BCUT2D eigenvalue weighted by molar-refractivity contribution is 9.10. The van der Waals surface area contributed by atoms with Crippen LogP contribution in [-0.4, -0.2) is 55.9 Å². The summed E-state index contributed by atoms with van der Waals surface area (Å²) in [5.41, 5.74) is 1.01. The number of methoxy groups -OCH3 is 1. The topological polar surface area (TPSA) is 59.1 Å². The highest BCUT2D eigenvalue weighted by Gasteiger charge is 2.26. The highest BCUT2D eigenvalue weighted by atomic mass is 79.9. The summed E-state index contributed by atoms with van der Waals surface area (Å²) in [4.78, 5) is 27.6. The molecule has 132 valence electrons. The van der Waals surface area contributed by atoms with Crippen molar-refractivity contribution in [1.29, 1.82) is 0 Å². The molecule has 0 aliphatic carbocycles. The van der Waals surface area contributed by atoms with E-state index in [0.29, 0.717) is 36.2 Å². The van der Waals surface area contributed by atoms with Gasteiger partial charge < -0.3 is 19.3 Å². The molecule has 1 aromatic rings. The summed E-state index contributed by atoms with van der Waals surface area (Å²) in [7, 11) is 1.36. The molecule has 0 N–H and O–H groups in total. The Kier molecular flexibility index (Phi) is 5.74. The monoisotopic (exact) mass is 398 g/mol. The summed E-state index contributed by atoms with van der Waals surface area (Å²) in [5, 5.41) is 0. The summed E-state index contributed by atoms with van der Waals surface area (Å²) < 4.78 is 10.8. The van der Waals surface area contributed by atoms with Crippen LogP contribution in [-0.2, 0) is 9.47 Å². The maximum atomic E-state index is 12.1. The van der Waals surface area contributed by atoms with Gasteiger partial charge in [-0.05, 0) is 54.9 Å². The molecule has 0 bridgehead atoms. The Bertz CT molecular complexity index is 620. The van der Waals surface area contributed by atoms with Gasteiger partial charge in [-0.25, -0.2) is 9.59 Å². The number of carbonyl (C=O) groups is 2. The maximum Gasteiger partial charge on any atom is 0.410 e. The number of ether oxygens (including phenoxy) is 2. The number of anilines is 1. The van der Waals surface area contributed by atoms with E-state index in [4.69, 9.17) is 9.47 Å². The first kappa shape index (κ1) is 18.6. The predicted molar refractivity (Wildman–Crippen MR) is 95.5 cm³/mol. The van der Waals surface area contributed by atoms with Crippen molar-refractivity contribution in [2.75, 3.05) is 38.2 Å². The molecule has 6 nitrogen and oxygen atoms in total. The minimum atomic E-state index is -0.483. The molecule has 24 heavy (non-hydrogen) atoms. The molecule has 0 atom stereocenters. The van der Waals surface area contributed by atoms with Crippen molar-refractivity contribution in [2.45, 2.75) is 26.4 Å². The number of hydrogen-bond acceptors (Lipinski definition) is 5. The van der Waals surface area contributed by atoms with Gasteiger partial charge >= 0.3 is 12.1 Å². The van der Waals surface area contributed by atoms with Crippen molar-refractivity contribution in [3.63, 3.8) is 0 Å².